The predicted octanol–water partition coefficient (Wildman–Crippen LogP) is 4.10. The van der Waals surface area contributed by atoms with Crippen LogP contribution in [0.1, 0.15) is 23.5 Å². The van der Waals surface area contributed by atoms with E-state index in [1.165, 1.54) is 17.5 Å². The van der Waals surface area contributed by atoms with E-state index in [1.807, 2.05) is 43.3 Å². The number of nitrogens with two attached hydrogens (primary N) is 1. The first-order chi connectivity index (χ1) is 13.4. The Bertz CT molecular complexity index is 940. The molecule has 0 atom stereocenters. The molecular weight excluding hydrogens is 374 g/mol. The van der Waals surface area contributed by atoms with Gasteiger partial charge in [-0.3, -0.25) is 4.79 Å². The molecule has 3 rings (SSSR count). The molecule has 0 spiro atoms. The van der Waals surface area contributed by atoms with Gasteiger partial charge in [0.1, 0.15) is 5.82 Å². The van der Waals surface area contributed by atoms with Crippen LogP contribution < -0.4 is 11.1 Å². The molecule has 0 aromatic carbocycles. The first-order valence-corrected chi connectivity index (χ1v) is 9.65. The molecule has 0 aliphatic carbocycles. The lowest BCUT2D eigenvalue weighted by Gasteiger charge is -2.24. The largest absolute Gasteiger partial charge is 0.405 e. The molecule has 1 aliphatic heterocycles. The molecule has 7 heteroatoms. The van der Waals surface area contributed by atoms with Crippen LogP contribution in [0.2, 0.25) is 0 Å². The summed E-state index contributed by atoms with van der Waals surface area (Å²) in [6, 6.07) is 9.38. The number of rotatable bonds is 7. The molecule has 0 saturated carbocycles. The van der Waals surface area contributed by atoms with Crippen LogP contribution in [0.3, 0.4) is 0 Å². The fourth-order valence-electron chi connectivity index (χ4n) is 2.81. The summed E-state index contributed by atoms with van der Waals surface area (Å²) in [6.45, 7) is 8.51. The molecule has 2 aromatic rings. The minimum Gasteiger partial charge on any atom is -0.405 e. The number of Topliss-reactive ketones (excluding diaryl/α,β-unsaturated/α-hetero) is 1. The molecule has 3 heterocycles. The standard InChI is InChI=1S/C21H23N3O3S/c1-14(13-16(9-10-22)21(3)26-11-12-27-21)23-20-6-4-5-17(24-20)19-8-7-18(28-19)15(2)25/h4-10,13H,1,11-12,22H2,2-3H3,(H,23,24)/b10-9-,16-13+. The number of ether oxygens (including phenoxy) is 2. The minimum absolute atomic E-state index is 0.0503. The normalized spacial score (nSPS) is 16.4. The third kappa shape index (κ3) is 4.56. The molecule has 2 aromatic heterocycles. The number of nitrogens with one attached hydrogen (secondary N) is 1. The average molecular weight is 398 g/mol. The van der Waals surface area contributed by atoms with Crippen molar-refractivity contribution < 1.29 is 14.3 Å². The van der Waals surface area contributed by atoms with Gasteiger partial charge in [-0.05, 0) is 56.5 Å². The average Bonchev–Trinajstić information content (AvgIpc) is 3.32. The lowest BCUT2D eigenvalue weighted by atomic mass is 10.1. The zero-order chi connectivity index (χ0) is 20.1. The summed E-state index contributed by atoms with van der Waals surface area (Å²) in [5.41, 5.74) is 7.74. The number of pyridine rings is 1. The van der Waals surface area contributed by atoms with Gasteiger partial charge in [-0.2, -0.15) is 0 Å². The Hall–Kier alpha value is -2.74. The maximum Gasteiger partial charge on any atom is 0.192 e. The third-order valence-electron chi connectivity index (χ3n) is 4.21. The number of carbonyl (C=O) groups is 1. The second-order valence-corrected chi connectivity index (χ2v) is 7.46. The van der Waals surface area contributed by atoms with Crippen LogP contribution >= 0.6 is 11.3 Å². The van der Waals surface area contributed by atoms with Crippen LogP contribution in [0.5, 0.6) is 0 Å². The number of ketones is 1. The van der Waals surface area contributed by atoms with E-state index in [1.54, 1.807) is 13.0 Å². The van der Waals surface area contributed by atoms with Crippen LogP contribution in [-0.4, -0.2) is 29.8 Å². The lowest BCUT2D eigenvalue weighted by Crippen LogP contribution is -2.28. The maximum atomic E-state index is 11.5. The Labute approximate surface area is 168 Å². The molecule has 0 amide bonds. The first kappa shape index (κ1) is 20.0. The van der Waals surface area contributed by atoms with E-state index < -0.39 is 5.79 Å². The third-order valence-corrected chi connectivity index (χ3v) is 5.42. The molecule has 1 aliphatic rings. The van der Waals surface area contributed by atoms with E-state index >= 15 is 0 Å². The van der Waals surface area contributed by atoms with Crippen molar-refractivity contribution in [3.63, 3.8) is 0 Å². The quantitative estimate of drug-likeness (QED) is 0.540. The Balaban J connectivity index is 1.79. The van der Waals surface area contributed by atoms with E-state index in [0.717, 1.165) is 16.1 Å². The van der Waals surface area contributed by atoms with E-state index in [2.05, 4.69) is 16.9 Å². The summed E-state index contributed by atoms with van der Waals surface area (Å²) in [4.78, 5) is 17.8. The van der Waals surface area contributed by atoms with Crippen molar-refractivity contribution in [1.29, 1.82) is 0 Å². The molecule has 1 fully saturated rings. The molecule has 0 radical (unpaired) electrons. The molecule has 28 heavy (non-hydrogen) atoms. The summed E-state index contributed by atoms with van der Waals surface area (Å²) in [5, 5.41) is 3.18. The molecule has 0 unspecified atom stereocenters. The van der Waals surface area contributed by atoms with Crippen molar-refractivity contribution in [2.45, 2.75) is 19.6 Å². The van der Waals surface area contributed by atoms with Crippen LogP contribution in [0.25, 0.3) is 10.6 Å². The number of carbonyl (C=O) groups excluding carboxylic acids is 1. The summed E-state index contributed by atoms with van der Waals surface area (Å²) in [6.07, 6.45) is 5.00. The zero-order valence-electron chi connectivity index (χ0n) is 15.9. The van der Waals surface area contributed by atoms with Gasteiger partial charge in [-0.25, -0.2) is 4.98 Å². The van der Waals surface area contributed by atoms with Gasteiger partial charge < -0.3 is 20.5 Å². The number of hydrogen-bond donors (Lipinski definition) is 2. The van der Waals surface area contributed by atoms with Gasteiger partial charge in [-0.1, -0.05) is 12.6 Å². The lowest BCUT2D eigenvalue weighted by molar-refractivity contribution is -0.107. The van der Waals surface area contributed by atoms with Gasteiger partial charge in [0.15, 0.2) is 11.6 Å². The van der Waals surface area contributed by atoms with Crippen LogP contribution in [0.15, 0.2) is 66.5 Å². The number of hydrogen-bond acceptors (Lipinski definition) is 7. The fraction of sp³-hybridized carbons (Fsp3) is 0.238. The molecule has 146 valence electrons. The molecule has 3 N–H and O–H groups in total. The van der Waals surface area contributed by atoms with Gasteiger partial charge in [0.2, 0.25) is 0 Å². The van der Waals surface area contributed by atoms with Gasteiger partial charge >= 0.3 is 0 Å². The topological polar surface area (TPSA) is 86.5 Å². The highest BCUT2D eigenvalue weighted by Crippen LogP contribution is 2.30. The van der Waals surface area contributed by atoms with Gasteiger partial charge in [0.25, 0.3) is 0 Å². The van der Waals surface area contributed by atoms with Crippen molar-refractivity contribution in [3.8, 4) is 10.6 Å². The first-order valence-electron chi connectivity index (χ1n) is 8.84. The van der Waals surface area contributed by atoms with E-state index in [9.17, 15) is 4.79 Å². The predicted molar refractivity (Wildman–Crippen MR) is 112 cm³/mol. The second kappa shape index (κ2) is 8.52. The van der Waals surface area contributed by atoms with Crippen molar-refractivity contribution in [1.82, 2.24) is 4.98 Å². The number of aromatic nitrogens is 1. The Morgan fingerprint density at radius 2 is 2.07 bits per heavy atom. The molecule has 6 nitrogen and oxygen atoms in total. The van der Waals surface area contributed by atoms with E-state index in [-0.39, 0.29) is 5.78 Å². The molecule has 1 saturated heterocycles. The van der Waals surface area contributed by atoms with Gasteiger partial charge in [-0.15, -0.1) is 11.3 Å². The van der Waals surface area contributed by atoms with E-state index in [0.29, 0.717) is 29.6 Å². The highest BCUT2D eigenvalue weighted by atomic mass is 32.1. The Morgan fingerprint density at radius 1 is 1.32 bits per heavy atom. The number of nitrogens with zero attached hydrogens (tertiary/aromatic N) is 1. The summed E-state index contributed by atoms with van der Waals surface area (Å²) >= 11 is 1.42. The number of anilines is 1. The maximum absolute atomic E-state index is 11.5. The Morgan fingerprint density at radius 3 is 2.71 bits per heavy atom. The summed E-state index contributed by atoms with van der Waals surface area (Å²) in [5.74, 6) is -0.157. The Kier molecular flexibility index (Phi) is 6.08. The number of thiophene rings is 1. The summed E-state index contributed by atoms with van der Waals surface area (Å²) < 4.78 is 11.4. The van der Waals surface area contributed by atoms with Crippen molar-refractivity contribution in [3.05, 3.63) is 71.4 Å². The van der Waals surface area contributed by atoms with Crippen LogP contribution in [0, 0.1) is 0 Å². The second-order valence-electron chi connectivity index (χ2n) is 6.38. The highest BCUT2D eigenvalue weighted by molar-refractivity contribution is 7.17. The van der Waals surface area contributed by atoms with E-state index in [4.69, 9.17) is 15.2 Å². The van der Waals surface area contributed by atoms with Crippen LogP contribution in [0.4, 0.5) is 5.82 Å². The zero-order valence-corrected chi connectivity index (χ0v) is 16.7. The SMILES string of the molecule is C=C(/C=C(\C=C/N)C1(C)OCCO1)Nc1cccc(-c2ccc(C(C)=O)s2)n1. The highest BCUT2D eigenvalue weighted by Gasteiger charge is 2.34. The van der Waals surface area contributed by atoms with Crippen LogP contribution in [-0.2, 0) is 9.47 Å². The van der Waals surface area contributed by atoms with Gasteiger partial charge in [0.05, 0.1) is 28.7 Å². The summed E-state index contributed by atoms with van der Waals surface area (Å²) in [7, 11) is 0. The van der Waals surface area contributed by atoms with Gasteiger partial charge in [0, 0.05) is 11.3 Å². The minimum atomic E-state index is -0.851. The smallest absolute Gasteiger partial charge is 0.192 e. The molecule has 0 bridgehead atoms. The van der Waals surface area contributed by atoms with Crippen molar-refractivity contribution in [2.75, 3.05) is 18.5 Å². The van der Waals surface area contributed by atoms with Crippen molar-refractivity contribution in [2.24, 2.45) is 5.73 Å². The molecular formula is C21H23N3O3S. The number of allylic oxidation sites excluding steroid dienone is 1. The van der Waals surface area contributed by atoms with Crippen molar-refractivity contribution >= 4 is 22.9 Å². The fourth-order valence-corrected chi connectivity index (χ4v) is 3.68. The monoisotopic (exact) mass is 397 g/mol.